The summed E-state index contributed by atoms with van der Waals surface area (Å²) in [6.07, 6.45) is -0.0956. The maximum atomic E-state index is 13.4. The van der Waals surface area contributed by atoms with Crippen LogP contribution in [0.2, 0.25) is 0 Å². The van der Waals surface area contributed by atoms with Gasteiger partial charge in [-0.1, -0.05) is 11.2 Å². The Morgan fingerprint density at radius 2 is 1.98 bits per heavy atom. The highest BCUT2D eigenvalue weighted by molar-refractivity contribution is 8.01. The van der Waals surface area contributed by atoms with Crippen LogP contribution in [0.5, 0.6) is 11.5 Å². The summed E-state index contributed by atoms with van der Waals surface area (Å²) in [7, 11) is 1.77. The molecular weight excluding hydrogens is 665 g/mol. The molecule has 240 valence electrons. The summed E-state index contributed by atoms with van der Waals surface area (Å²) in [5.41, 5.74) is 11.1. The number of thioether (sulfide) groups is 2. The summed E-state index contributed by atoms with van der Waals surface area (Å²) in [6, 6.07) is 3.66. The van der Waals surface area contributed by atoms with Gasteiger partial charge in [0.2, 0.25) is 11.9 Å². The first kappa shape index (κ1) is 32.3. The molecule has 46 heavy (non-hydrogen) atoms. The highest BCUT2D eigenvalue weighted by Gasteiger charge is 2.54. The number of nitrogens with zero attached hydrogens (tertiary/aromatic N) is 5. The number of nitrogens with one attached hydrogen (secondary N) is 1. The van der Waals surface area contributed by atoms with Crippen molar-refractivity contribution in [1.82, 2.24) is 20.2 Å². The first-order chi connectivity index (χ1) is 21.8. The van der Waals surface area contributed by atoms with E-state index in [0.29, 0.717) is 16.5 Å². The number of aliphatic carboxylic acids is 2. The Hall–Kier alpha value is -5.08. The number of hydrogen-bond donors (Lipinski definition) is 7. The number of phenols is 2. The fraction of sp³-hybridized carbons (Fsp3) is 0.231. The van der Waals surface area contributed by atoms with Gasteiger partial charge in [0.25, 0.3) is 11.8 Å². The van der Waals surface area contributed by atoms with E-state index in [1.54, 1.807) is 23.9 Å². The molecule has 1 aromatic carbocycles. The van der Waals surface area contributed by atoms with Crippen LogP contribution < -0.4 is 21.4 Å². The number of carbonyl (C=O) groups is 4. The van der Waals surface area contributed by atoms with Gasteiger partial charge in [0.05, 0.1) is 13.2 Å². The van der Waals surface area contributed by atoms with Crippen LogP contribution in [0.3, 0.4) is 0 Å². The number of oxime groups is 1. The van der Waals surface area contributed by atoms with E-state index in [9.17, 15) is 39.6 Å². The number of phenolic OH excluding ortho intramolecular Hbond substituents is 2. The molecule has 2 unspecified atom stereocenters. The van der Waals surface area contributed by atoms with Crippen molar-refractivity contribution in [3.63, 3.8) is 0 Å². The third kappa shape index (κ3) is 6.48. The quantitative estimate of drug-likeness (QED) is 0.0266. The zero-order valence-corrected chi connectivity index (χ0v) is 26.0. The lowest BCUT2D eigenvalue weighted by Gasteiger charge is -2.49. The van der Waals surface area contributed by atoms with Gasteiger partial charge in [-0.15, -0.1) is 23.1 Å². The second-order valence-corrected chi connectivity index (χ2v) is 12.7. The zero-order valence-electron chi connectivity index (χ0n) is 23.6. The van der Waals surface area contributed by atoms with Gasteiger partial charge in [-0.25, -0.2) is 19.1 Å². The topological polar surface area (TPSA) is 268 Å². The van der Waals surface area contributed by atoms with Crippen LogP contribution in [0, 0.1) is 0 Å². The van der Waals surface area contributed by atoms with Crippen molar-refractivity contribution >= 4 is 75.3 Å². The number of hydrogen-bond acceptors (Lipinski definition) is 15. The molecule has 0 spiro atoms. The number of aryl methyl sites for hydroxylation is 1. The molecule has 2 aliphatic rings. The van der Waals surface area contributed by atoms with Gasteiger partial charge in [0, 0.05) is 28.5 Å². The normalized spacial score (nSPS) is 18.4. The van der Waals surface area contributed by atoms with E-state index in [1.807, 2.05) is 0 Å². The minimum absolute atomic E-state index is 0.0612. The smallest absolute Gasteiger partial charge is 0.361 e. The molecule has 17 nitrogen and oxygen atoms in total. The van der Waals surface area contributed by atoms with Crippen molar-refractivity contribution in [3.8, 4) is 11.5 Å². The summed E-state index contributed by atoms with van der Waals surface area (Å²) in [6.45, 7) is 0. The molecule has 1 fully saturated rings. The van der Waals surface area contributed by atoms with Gasteiger partial charge in [-0.3, -0.25) is 14.5 Å². The summed E-state index contributed by atoms with van der Waals surface area (Å²) < 4.78 is 1.73. The number of aromatic hydroxyl groups is 2. The van der Waals surface area contributed by atoms with Crippen LogP contribution in [0.25, 0.3) is 0 Å². The van der Waals surface area contributed by atoms with Crippen LogP contribution in [0.4, 0.5) is 10.9 Å². The largest absolute Gasteiger partial charge is 0.504 e. The fourth-order valence-electron chi connectivity index (χ4n) is 4.43. The number of carboxylic acids is 2. The van der Waals surface area contributed by atoms with Crippen molar-refractivity contribution in [2.24, 2.45) is 12.2 Å². The second-order valence-electron chi connectivity index (χ2n) is 9.74. The third-order valence-corrected chi connectivity index (χ3v) is 9.81. The van der Waals surface area contributed by atoms with Crippen molar-refractivity contribution in [3.05, 3.63) is 58.4 Å². The van der Waals surface area contributed by atoms with Crippen LogP contribution in [0.1, 0.15) is 17.4 Å². The number of carboxylic acid groups (broad SMARTS) is 2. The molecule has 9 N–H and O–H groups in total. The highest BCUT2D eigenvalue weighted by Crippen LogP contribution is 2.41. The van der Waals surface area contributed by atoms with Crippen molar-refractivity contribution in [2.45, 2.75) is 22.7 Å². The van der Waals surface area contributed by atoms with Crippen LogP contribution >= 0.6 is 34.9 Å². The second kappa shape index (κ2) is 13.1. The molecule has 4 heterocycles. The molecule has 0 radical (unpaired) electrons. The number of nitrogen functional groups attached to an aromatic ring is 2. The Bertz CT molecular complexity index is 1810. The van der Waals surface area contributed by atoms with Crippen LogP contribution in [0.15, 0.2) is 57.4 Å². The maximum absolute atomic E-state index is 13.4. The lowest BCUT2D eigenvalue weighted by molar-refractivity contribution is -0.713. The molecule has 0 aliphatic carbocycles. The summed E-state index contributed by atoms with van der Waals surface area (Å²) in [4.78, 5) is 65.5. The van der Waals surface area contributed by atoms with Gasteiger partial charge < -0.3 is 42.0 Å². The number of β-lactam (4-membered cyclic amide) rings is 1. The number of anilines is 2. The molecule has 1 saturated heterocycles. The summed E-state index contributed by atoms with van der Waals surface area (Å²) in [5.74, 6) is -4.82. The molecule has 3 atom stereocenters. The molecule has 3 aromatic rings. The number of thiazole rings is 1. The zero-order chi connectivity index (χ0) is 33.3. The molecule has 20 heteroatoms. The number of fused-ring (bicyclic) bond motifs is 1. The Labute approximate surface area is 271 Å². The van der Waals surface area contributed by atoms with Crippen molar-refractivity contribution in [2.75, 3.05) is 23.0 Å². The summed E-state index contributed by atoms with van der Waals surface area (Å²) in [5, 5.41) is 46.5. The van der Waals surface area contributed by atoms with Crippen molar-refractivity contribution < 1.29 is 49.0 Å². The first-order valence-electron chi connectivity index (χ1n) is 13.0. The Kier molecular flexibility index (Phi) is 9.21. The number of rotatable bonds is 11. The number of carbonyl (C=O) groups excluding carboxylic acids is 2. The molecule has 5 rings (SSSR count). The van der Waals surface area contributed by atoms with Gasteiger partial charge in [0.15, 0.2) is 22.3 Å². The van der Waals surface area contributed by atoms with Gasteiger partial charge in [-0.2, -0.15) is 0 Å². The third-order valence-electron chi connectivity index (χ3n) is 6.66. The molecule has 2 aromatic heterocycles. The Balaban J connectivity index is 1.35. The predicted molar refractivity (Wildman–Crippen MR) is 165 cm³/mol. The van der Waals surface area contributed by atoms with Gasteiger partial charge >= 0.3 is 17.1 Å². The molecule has 0 saturated carbocycles. The Morgan fingerprint density at radius 3 is 2.63 bits per heavy atom. The van der Waals surface area contributed by atoms with E-state index < -0.39 is 58.5 Å². The highest BCUT2D eigenvalue weighted by atomic mass is 32.2. The first-order valence-corrected chi connectivity index (χ1v) is 15.9. The molecular formula is C26H25N8O9S3+. The number of benzene rings is 1. The number of aromatic nitrogens is 3. The fourth-order valence-corrected chi connectivity index (χ4v) is 7.43. The standard InChI is InChI=1S/C26H24N8O9S3/c1-33-5-4-15(27)30-26(33)46-8-11-7-44-22-17(21(38)34(22)18(11)23(39)40)31-20(37)16(12-9-45-25(28)29-12)32-43-19(24(41)42)10-2-3-13(35)14(36)6-10/h2-6,9,17,19,22,27H,7-8H2,1H3,(H7,28,29,31,32,35,36,37,39,40,41,42)/p+1/t17?,19?,22-/m1/s1. The van der Waals surface area contributed by atoms with E-state index >= 15 is 0 Å². The average molecular weight is 690 g/mol. The van der Waals surface area contributed by atoms with Crippen LogP contribution in [-0.4, -0.2) is 87.7 Å². The van der Waals surface area contributed by atoms with Crippen LogP contribution in [-0.2, 0) is 31.1 Å². The minimum atomic E-state index is -1.82. The maximum Gasteiger partial charge on any atom is 0.361 e. The molecule has 0 bridgehead atoms. The average Bonchev–Trinajstić information content (AvgIpc) is 3.44. The van der Waals surface area contributed by atoms with E-state index in [1.165, 1.54) is 35.0 Å². The van der Waals surface area contributed by atoms with Gasteiger partial charge in [0.1, 0.15) is 22.8 Å². The van der Waals surface area contributed by atoms with E-state index in [-0.39, 0.29) is 33.6 Å². The SMILES string of the molecule is C[n+]1ccc(N)nc1SCC1=C(C(=O)O)N2C(=O)C(NC(=O)/C(=N\OC(C(=O)O)c3ccc(O)c(O)c3)c3csc(N)n3)[C@H]2SC1. The predicted octanol–water partition coefficient (Wildman–Crippen LogP) is 0.0157. The summed E-state index contributed by atoms with van der Waals surface area (Å²) >= 11 is 3.47. The number of amides is 2. The lowest BCUT2D eigenvalue weighted by Crippen LogP contribution is -2.71. The molecule has 2 aliphatic heterocycles. The van der Waals surface area contributed by atoms with E-state index in [4.69, 9.17) is 16.3 Å². The molecule has 2 amide bonds. The van der Waals surface area contributed by atoms with E-state index in [0.717, 1.165) is 28.4 Å². The van der Waals surface area contributed by atoms with Crippen molar-refractivity contribution in [1.29, 1.82) is 0 Å². The minimum Gasteiger partial charge on any atom is -0.504 e. The van der Waals surface area contributed by atoms with Gasteiger partial charge in [-0.05, 0) is 34.5 Å². The number of nitrogens with two attached hydrogens (primary N) is 2. The monoisotopic (exact) mass is 689 g/mol. The van der Waals surface area contributed by atoms with E-state index in [2.05, 4.69) is 20.4 Å². The Morgan fingerprint density at radius 1 is 1.22 bits per heavy atom. The lowest BCUT2D eigenvalue weighted by atomic mass is 10.0.